The summed E-state index contributed by atoms with van der Waals surface area (Å²) in [7, 11) is 0. The Morgan fingerprint density at radius 2 is 1.44 bits per heavy atom. The summed E-state index contributed by atoms with van der Waals surface area (Å²) in [5.41, 5.74) is 0.626. The summed E-state index contributed by atoms with van der Waals surface area (Å²) < 4.78 is 23.0. The highest BCUT2D eigenvalue weighted by Gasteiger charge is 2.29. The SMILES string of the molecule is CCOc1ccc(OCC)c(N=NC(C(C)=O)C(=O)N(Cl)c2ccc(OCC)c(OCC)c2)c1. The Labute approximate surface area is 204 Å². The fourth-order valence-corrected chi connectivity index (χ4v) is 3.13. The Hall–Kier alpha value is -3.33. The lowest BCUT2D eigenvalue weighted by Crippen LogP contribution is -2.36. The molecule has 0 bridgehead atoms. The van der Waals surface area contributed by atoms with Crippen LogP contribution in [-0.4, -0.2) is 44.2 Å². The lowest BCUT2D eigenvalue weighted by Gasteiger charge is -2.19. The van der Waals surface area contributed by atoms with E-state index in [-0.39, 0.29) is 0 Å². The topological polar surface area (TPSA) is 99.0 Å². The maximum Gasteiger partial charge on any atom is 0.276 e. The van der Waals surface area contributed by atoms with Gasteiger partial charge in [-0.2, -0.15) is 10.2 Å². The van der Waals surface area contributed by atoms with E-state index in [1.807, 2.05) is 27.7 Å². The second-order valence-corrected chi connectivity index (χ2v) is 7.18. The second kappa shape index (κ2) is 13.4. The first-order chi connectivity index (χ1) is 16.4. The minimum atomic E-state index is -1.45. The maximum atomic E-state index is 13.1. The number of halogens is 1. The van der Waals surface area contributed by atoms with Crippen molar-refractivity contribution in [1.82, 2.24) is 0 Å². The lowest BCUT2D eigenvalue weighted by atomic mass is 10.2. The molecule has 0 aromatic heterocycles. The minimum absolute atomic E-state index is 0.299. The molecule has 0 aliphatic carbocycles. The molecular formula is C24H30ClN3O6. The first kappa shape index (κ1) is 26.9. The van der Waals surface area contributed by atoms with Crippen LogP contribution in [-0.2, 0) is 9.59 Å². The van der Waals surface area contributed by atoms with Crippen molar-refractivity contribution < 1.29 is 28.5 Å². The first-order valence-corrected chi connectivity index (χ1v) is 11.4. The maximum absolute atomic E-state index is 13.1. The minimum Gasteiger partial charge on any atom is -0.494 e. The summed E-state index contributed by atoms with van der Waals surface area (Å²) in [6, 6.07) is 8.39. The van der Waals surface area contributed by atoms with Gasteiger partial charge >= 0.3 is 0 Å². The third-order valence-corrected chi connectivity index (χ3v) is 4.75. The van der Waals surface area contributed by atoms with Crippen LogP contribution in [0.3, 0.4) is 0 Å². The molecule has 0 fully saturated rings. The van der Waals surface area contributed by atoms with E-state index < -0.39 is 17.7 Å². The zero-order valence-electron chi connectivity index (χ0n) is 20.0. The molecule has 1 amide bonds. The predicted octanol–water partition coefficient (Wildman–Crippen LogP) is 5.51. The zero-order chi connectivity index (χ0) is 25.1. The number of amides is 1. The van der Waals surface area contributed by atoms with Crippen LogP contribution in [0.2, 0.25) is 0 Å². The zero-order valence-corrected chi connectivity index (χ0v) is 20.8. The number of carbonyl (C=O) groups is 2. The molecule has 2 aromatic rings. The number of nitrogens with zero attached hydrogens (tertiary/aromatic N) is 3. The van der Waals surface area contributed by atoms with Crippen molar-refractivity contribution in [2.75, 3.05) is 30.8 Å². The normalized spacial score (nSPS) is 11.7. The highest BCUT2D eigenvalue weighted by atomic mass is 35.5. The van der Waals surface area contributed by atoms with E-state index in [1.54, 1.807) is 36.4 Å². The van der Waals surface area contributed by atoms with E-state index in [0.717, 1.165) is 4.42 Å². The molecule has 1 unspecified atom stereocenters. The van der Waals surface area contributed by atoms with Crippen molar-refractivity contribution >= 4 is 34.8 Å². The highest BCUT2D eigenvalue weighted by molar-refractivity contribution is 6.39. The first-order valence-electron chi connectivity index (χ1n) is 11.1. The Morgan fingerprint density at radius 3 is 2.06 bits per heavy atom. The predicted molar refractivity (Wildman–Crippen MR) is 130 cm³/mol. The third-order valence-electron chi connectivity index (χ3n) is 4.39. The monoisotopic (exact) mass is 491 g/mol. The molecule has 0 aliphatic heterocycles. The van der Waals surface area contributed by atoms with Gasteiger partial charge in [-0.25, -0.2) is 4.42 Å². The smallest absolute Gasteiger partial charge is 0.276 e. The van der Waals surface area contributed by atoms with Gasteiger partial charge in [0, 0.05) is 23.9 Å². The molecule has 9 nitrogen and oxygen atoms in total. The molecule has 0 radical (unpaired) electrons. The summed E-state index contributed by atoms with van der Waals surface area (Å²) in [5, 5.41) is 8.12. The number of carbonyl (C=O) groups excluding carboxylic acids is 2. The van der Waals surface area contributed by atoms with Crippen molar-refractivity contribution in [3.05, 3.63) is 36.4 Å². The molecule has 0 saturated carbocycles. The molecule has 2 rings (SSSR count). The van der Waals surface area contributed by atoms with Crippen LogP contribution < -0.4 is 23.4 Å². The average molecular weight is 492 g/mol. The number of hydrogen-bond donors (Lipinski definition) is 0. The van der Waals surface area contributed by atoms with E-state index in [9.17, 15) is 9.59 Å². The quantitative estimate of drug-likeness (QED) is 0.208. The Morgan fingerprint density at radius 1 is 0.853 bits per heavy atom. The van der Waals surface area contributed by atoms with Gasteiger partial charge in [0.25, 0.3) is 5.91 Å². The van der Waals surface area contributed by atoms with Crippen molar-refractivity contribution in [3.63, 3.8) is 0 Å². The Bertz CT molecular complexity index is 1010. The van der Waals surface area contributed by atoms with Crippen LogP contribution in [0.25, 0.3) is 0 Å². The van der Waals surface area contributed by atoms with Crippen molar-refractivity contribution in [3.8, 4) is 23.0 Å². The molecule has 1 atom stereocenters. The second-order valence-electron chi connectivity index (χ2n) is 6.84. The summed E-state index contributed by atoms with van der Waals surface area (Å²) in [6.45, 7) is 10.3. The fraction of sp³-hybridized carbons (Fsp3) is 0.417. The number of hydrogen-bond acceptors (Lipinski definition) is 8. The van der Waals surface area contributed by atoms with Crippen molar-refractivity contribution in [2.45, 2.75) is 40.7 Å². The number of ketones is 1. The molecule has 0 spiro atoms. The van der Waals surface area contributed by atoms with Gasteiger partial charge in [-0.15, -0.1) is 0 Å². The standard InChI is InChI=1S/C24H30ClN3O6/c1-6-31-18-11-13-20(32-7-2)19(15-18)26-27-23(16(5)29)24(30)28(25)17-10-12-21(33-8-3)22(14-17)34-9-4/h10-15,23H,6-9H2,1-5H3. The lowest BCUT2D eigenvalue weighted by molar-refractivity contribution is -0.126. The molecule has 0 heterocycles. The van der Waals surface area contributed by atoms with Gasteiger partial charge < -0.3 is 18.9 Å². The van der Waals surface area contributed by atoms with Gasteiger partial charge in [0.1, 0.15) is 17.2 Å². The summed E-state index contributed by atoms with van der Waals surface area (Å²) >= 11 is 6.32. The number of anilines is 1. The van der Waals surface area contributed by atoms with Crippen LogP contribution >= 0.6 is 11.8 Å². The number of ether oxygens (including phenoxy) is 4. The molecule has 0 aliphatic rings. The number of Topliss-reactive ketones (excluding diaryl/α,β-unsaturated/α-hetero) is 1. The Kier molecular flexibility index (Phi) is 10.6. The Balaban J connectivity index is 2.34. The van der Waals surface area contributed by atoms with Gasteiger partial charge in [-0.05, 0) is 58.9 Å². The van der Waals surface area contributed by atoms with E-state index in [4.69, 9.17) is 30.7 Å². The fourth-order valence-electron chi connectivity index (χ4n) is 2.93. The van der Waals surface area contributed by atoms with Crippen LogP contribution in [0.4, 0.5) is 11.4 Å². The molecule has 0 N–H and O–H groups in total. The van der Waals surface area contributed by atoms with Crippen LogP contribution in [0, 0.1) is 0 Å². The molecule has 0 saturated heterocycles. The van der Waals surface area contributed by atoms with Gasteiger partial charge in [0.05, 0.1) is 32.1 Å². The third kappa shape index (κ3) is 7.08. The molecule has 2 aromatic carbocycles. The molecule has 184 valence electrons. The van der Waals surface area contributed by atoms with E-state index >= 15 is 0 Å². The molecule has 34 heavy (non-hydrogen) atoms. The summed E-state index contributed by atoms with van der Waals surface area (Å²) in [6.07, 6.45) is 0. The largest absolute Gasteiger partial charge is 0.494 e. The van der Waals surface area contributed by atoms with Gasteiger partial charge in [0.15, 0.2) is 17.3 Å². The van der Waals surface area contributed by atoms with Gasteiger partial charge in [0.2, 0.25) is 6.04 Å². The van der Waals surface area contributed by atoms with Crippen molar-refractivity contribution in [2.24, 2.45) is 10.2 Å². The average Bonchev–Trinajstić information content (AvgIpc) is 2.81. The van der Waals surface area contributed by atoms with Gasteiger partial charge in [-0.1, -0.05) is 0 Å². The number of rotatable bonds is 13. The summed E-state index contributed by atoms with van der Waals surface area (Å²) in [4.78, 5) is 25.3. The molecular weight excluding hydrogens is 462 g/mol. The van der Waals surface area contributed by atoms with E-state index in [2.05, 4.69) is 10.2 Å². The van der Waals surface area contributed by atoms with Gasteiger partial charge in [-0.3, -0.25) is 9.59 Å². The van der Waals surface area contributed by atoms with E-state index in [1.165, 1.54) is 6.92 Å². The van der Waals surface area contributed by atoms with E-state index in [0.29, 0.717) is 60.8 Å². The van der Waals surface area contributed by atoms with Crippen molar-refractivity contribution in [1.29, 1.82) is 0 Å². The number of azo groups is 1. The summed E-state index contributed by atoms with van der Waals surface area (Å²) in [5.74, 6) is 0.668. The highest BCUT2D eigenvalue weighted by Crippen LogP contribution is 2.34. The van der Waals surface area contributed by atoms with Crippen LogP contribution in [0.1, 0.15) is 34.6 Å². The number of benzene rings is 2. The molecule has 10 heteroatoms. The van der Waals surface area contributed by atoms with Crippen LogP contribution in [0.5, 0.6) is 23.0 Å². The van der Waals surface area contributed by atoms with Crippen LogP contribution in [0.15, 0.2) is 46.6 Å².